The highest BCUT2D eigenvalue weighted by molar-refractivity contribution is 6.11. The molecule has 0 bridgehead atoms. The van der Waals surface area contributed by atoms with E-state index in [1.54, 1.807) is 31.2 Å². The Morgan fingerprint density at radius 3 is 2.24 bits per heavy atom. The molecule has 3 rings (SSSR count). The fourth-order valence-electron chi connectivity index (χ4n) is 3.38. The Hall–Kier alpha value is -3.15. The van der Waals surface area contributed by atoms with Gasteiger partial charge in [-0.05, 0) is 55.2 Å². The molecule has 6 nitrogen and oxygen atoms in total. The number of carbonyl (C=O) groups is 3. The quantitative estimate of drug-likeness (QED) is 0.572. The van der Waals surface area contributed by atoms with Crippen molar-refractivity contribution < 1.29 is 19.1 Å². The molecule has 0 aromatic heterocycles. The molecule has 1 heterocycles. The Labute approximate surface area is 170 Å². The summed E-state index contributed by atoms with van der Waals surface area (Å²) >= 11 is 0. The van der Waals surface area contributed by atoms with Gasteiger partial charge in [0.05, 0.1) is 13.2 Å². The lowest BCUT2D eigenvalue weighted by molar-refractivity contribution is -0.130. The maximum absolute atomic E-state index is 13.0. The number of Topliss-reactive ketones (excluding diaryl/α,β-unsaturated/α-hetero) is 1. The molecule has 0 saturated carbocycles. The summed E-state index contributed by atoms with van der Waals surface area (Å²) < 4.78 is 5.37. The van der Waals surface area contributed by atoms with E-state index in [4.69, 9.17) is 4.74 Å². The van der Waals surface area contributed by atoms with E-state index in [-0.39, 0.29) is 12.3 Å². The molecule has 1 fully saturated rings. The fourth-order valence-corrected chi connectivity index (χ4v) is 3.38. The maximum atomic E-state index is 13.0. The number of ketones is 1. The molecule has 2 aromatic rings. The van der Waals surface area contributed by atoms with Crippen LogP contribution in [0.25, 0.3) is 0 Å². The van der Waals surface area contributed by atoms with E-state index in [1.807, 2.05) is 31.2 Å². The van der Waals surface area contributed by atoms with Crippen molar-refractivity contribution in [3.8, 4) is 5.75 Å². The summed E-state index contributed by atoms with van der Waals surface area (Å²) in [6.07, 6.45) is 0. The van der Waals surface area contributed by atoms with E-state index in [0.717, 1.165) is 10.5 Å². The Morgan fingerprint density at radius 1 is 1.07 bits per heavy atom. The van der Waals surface area contributed by atoms with Gasteiger partial charge in [0, 0.05) is 5.56 Å². The lowest BCUT2D eigenvalue weighted by Gasteiger charge is -2.22. The molecule has 1 aliphatic rings. The maximum Gasteiger partial charge on any atom is 0.325 e. The van der Waals surface area contributed by atoms with E-state index < -0.39 is 17.5 Å². The normalized spacial score (nSPS) is 18.9. The number of hydrogen-bond donors (Lipinski definition) is 1. The minimum atomic E-state index is -1.19. The second-order valence-corrected chi connectivity index (χ2v) is 7.60. The van der Waals surface area contributed by atoms with Crippen molar-refractivity contribution >= 4 is 17.7 Å². The third-order valence-electron chi connectivity index (χ3n) is 5.22. The first-order valence-electron chi connectivity index (χ1n) is 9.77. The fraction of sp³-hybridized carbons (Fsp3) is 0.348. The highest BCUT2D eigenvalue weighted by atomic mass is 16.5. The number of benzene rings is 2. The number of carbonyl (C=O) groups excluding carboxylic acids is 3. The van der Waals surface area contributed by atoms with Crippen molar-refractivity contribution in [2.75, 3.05) is 13.2 Å². The van der Waals surface area contributed by atoms with Gasteiger partial charge in [-0.3, -0.25) is 14.5 Å². The number of ether oxygens (including phenoxy) is 1. The molecule has 29 heavy (non-hydrogen) atoms. The number of hydrogen-bond acceptors (Lipinski definition) is 4. The SMILES string of the molecule is CCOc1ccc(C(=O)CN2C(=O)N[C@](C)(c3ccc(C(C)C)cc3)C2=O)cc1. The molecule has 0 aliphatic carbocycles. The van der Waals surface area contributed by atoms with Gasteiger partial charge in [0.2, 0.25) is 0 Å². The van der Waals surface area contributed by atoms with E-state index in [9.17, 15) is 14.4 Å². The molecule has 0 spiro atoms. The predicted octanol–water partition coefficient (Wildman–Crippen LogP) is 3.86. The monoisotopic (exact) mass is 394 g/mol. The highest BCUT2D eigenvalue weighted by Crippen LogP contribution is 2.30. The minimum Gasteiger partial charge on any atom is -0.494 e. The second-order valence-electron chi connectivity index (χ2n) is 7.60. The Balaban J connectivity index is 1.76. The average molecular weight is 394 g/mol. The zero-order chi connectivity index (χ0) is 21.2. The van der Waals surface area contributed by atoms with Gasteiger partial charge in [0.1, 0.15) is 11.3 Å². The van der Waals surface area contributed by atoms with Crippen molar-refractivity contribution in [2.24, 2.45) is 0 Å². The molecule has 0 unspecified atom stereocenters. The molecule has 1 N–H and O–H groups in total. The van der Waals surface area contributed by atoms with Crippen molar-refractivity contribution in [1.82, 2.24) is 10.2 Å². The van der Waals surface area contributed by atoms with Crippen LogP contribution in [0.3, 0.4) is 0 Å². The molecular weight excluding hydrogens is 368 g/mol. The predicted molar refractivity (Wildman–Crippen MR) is 110 cm³/mol. The van der Waals surface area contributed by atoms with Crippen LogP contribution in [-0.4, -0.2) is 35.8 Å². The first-order valence-corrected chi connectivity index (χ1v) is 9.77. The first-order chi connectivity index (χ1) is 13.8. The van der Waals surface area contributed by atoms with E-state index >= 15 is 0 Å². The molecule has 1 saturated heterocycles. The number of nitrogens with one attached hydrogen (secondary N) is 1. The average Bonchev–Trinajstić information content (AvgIpc) is 2.93. The summed E-state index contributed by atoms with van der Waals surface area (Å²) in [6.45, 7) is 7.95. The van der Waals surface area contributed by atoms with Crippen LogP contribution in [-0.2, 0) is 10.3 Å². The lowest BCUT2D eigenvalue weighted by Crippen LogP contribution is -2.41. The van der Waals surface area contributed by atoms with Crippen molar-refractivity contribution in [3.05, 3.63) is 65.2 Å². The standard InChI is InChI=1S/C23H26N2O4/c1-5-29-19-12-8-17(9-13-19)20(26)14-25-21(27)23(4,24-22(25)28)18-10-6-16(7-11-18)15(2)3/h6-13,15H,5,14H2,1-4H3,(H,24,28)/t23-/m1/s1. The summed E-state index contributed by atoms with van der Waals surface area (Å²) in [5.74, 6) is 0.292. The summed E-state index contributed by atoms with van der Waals surface area (Å²) in [5, 5.41) is 2.74. The van der Waals surface area contributed by atoms with Crippen LogP contribution in [0.5, 0.6) is 5.75 Å². The first kappa shape index (κ1) is 20.6. The van der Waals surface area contributed by atoms with Crippen LogP contribution < -0.4 is 10.1 Å². The van der Waals surface area contributed by atoms with E-state index in [2.05, 4.69) is 19.2 Å². The van der Waals surface area contributed by atoms with E-state index in [0.29, 0.717) is 29.4 Å². The van der Waals surface area contributed by atoms with Gasteiger partial charge in [-0.1, -0.05) is 38.1 Å². The second kappa shape index (κ2) is 8.07. The van der Waals surface area contributed by atoms with Gasteiger partial charge < -0.3 is 10.1 Å². The molecule has 152 valence electrons. The summed E-state index contributed by atoms with van der Waals surface area (Å²) in [5.41, 5.74) is 1.07. The zero-order valence-corrected chi connectivity index (χ0v) is 17.2. The smallest absolute Gasteiger partial charge is 0.325 e. The summed E-state index contributed by atoms with van der Waals surface area (Å²) in [7, 11) is 0. The van der Waals surface area contributed by atoms with Gasteiger partial charge >= 0.3 is 6.03 Å². The van der Waals surface area contributed by atoms with Crippen molar-refractivity contribution in [1.29, 1.82) is 0 Å². The molecule has 1 aliphatic heterocycles. The van der Waals surface area contributed by atoms with Gasteiger partial charge in [-0.2, -0.15) is 0 Å². The zero-order valence-electron chi connectivity index (χ0n) is 17.2. The van der Waals surface area contributed by atoms with Crippen LogP contribution in [0.2, 0.25) is 0 Å². The van der Waals surface area contributed by atoms with Crippen LogP contribution in [0.4, 0.5) is 4.79 Å². The number of urea groups is 1. The third-order valence-corrected chi connectivity index (χ3v) is 5.22. The summed E-state index contributed by atoms with van der Waals surface area (Å²) in [6, 6.07) is 13.7. The number of nitrogens with zero attached hydrogens (tertiary/aromatic N) is 1. The third kappa shape index (κ3) is 4.01. The van der Waals surface area contributed by atoms with E-state index in [1.165, 1.54) is 0 Å². The van der Waals surface area contributed by atoms with Gasteiger partial charge in [-0.15, -0.1) is 0 Å². The van der Waals surface area contributed by atoms with Crippen LogP contribution in [0.1, 0.15) is 55.1 Å². The van der Waals surface area contributed by atoms with Gasteiger partial charge in [0.25, 0.3) is 5.91 Å². The molecule has 1 atom stereocenters. The Kier molecular flexibility index (Phi) is 5.73. The van der Waals surface area contributed by atoms with Gasteiger partial charge in [0.15, 0.2) is 5.78 Å². The van der Waals surface area contributed by atoms with Crippen molar-refractivity contribution in [3.63, 3.8) is 0 Å². The molecule has 6 heteroatoms. The minimum absolute atomic E-state index is 0.307. The van der Waals surface area contributed by atoms with Crippen LogP contribution in [0.15, 0.2) is 48.5 Å². The van der Waals surface area contributed by atoms with Crippen molar-refractivity contribution in [2.45, 2.75) is 39.2 Å². The Morgan fingerprint density at radius 2 is 1.69 bits per heavy atom. The topological polar surface area (TPSA) is 75.7 Å². The van der Waals surface area contributed by atoms with Crippen LogP contribution in [0, 0.1) is 0 Å². The number of amides is 3. The molecule has 3 amide bonds. The Bertz CT molecular complexity index is 919. The summed E-state index contributed by atoms with van der Waals surface area (Å²) in [4.78, 5) is 39.1. The molecular formula is C23H26N2O4. The molecule has 2 aromatic carbocycles. The molecule has 0 radical (unpaired) electrons. The van der Waals surface area contributed by atoms with Crippen LogP contribution >= 0.6 is 0 Å². The lowest BCUT2D eigenvalue weighted by atomic mass is 9.90. The van der Waals surface area contributed by atoms with Gasteiger partial charge in [-0.25, -0.2) is 4.79 Å². The largest absolute Gasteiger partial charge is 0.494 e. The highest BCUT2D eigenvalue weighted by Gasteiger charge is 2.49. The number of imide groups is 1. The number of rotatable bonds is 7.